The molecule has 2 N–H and O–H groups in total. The second-order valence-electron chi connectivity index (χ2n) is 6.84. The van der Waals surface area contributed by atoms with Gasteiger partial charge in [-0.25, -0.2) is 9.59 Å². The largest absolute Gasteiger partial charge is 1.00 e. The molecule has 1 saturated heterocycles. The minimum absolute atomic E-state index is 0. The lowest BCUT2D eigenvalue weighted by molar-refractivity contribution is -0.891. The van der Waals surface area contributed by atoms with Gasteiger partial charge in [-0.15, -0.1) is 0 Å². The van der Waals surface area contributed by atoms with E-state index < -0.39 is 60.6 Å². The predicted molar refractivity (Wildman–Crippen MR) is 95.2 cm³/mol. The Bertz CT molecular complexity index is 1000. The number of esters is 1. The Morgan fingerprint density at radius 3 is 2.56 bits per heavy atom. The molecule has 0 spiro atoms. The Morgan fingerprint density at radius 1 is 1.33 bits per heavy atom. The lowest BCUT2D eigenvalue weighted by Gasteiger charge is -2.33. The van der Waals surface area contributed by atoms with Crippen LogP contribution in [0.25, 0.3) is 0 Å². The van der Waals surface area contributed by atoms with Crippen LogP contribution < -0.4 is 17.0 Å². The van der Waals surface area contributed by atoms with Crippen LogP contribution in [0.3, 0.4) is 0 Å². The molecule has 3 rings (SSSR count). The molecule has 1 aliphatic heterocycles. The molecule has 0 bridgehead atoms. The summed E-state index contributed by atoms with van der Waals surface area (Å²) >= 11 is 0. The Balaban J connectivity index is 0.00000456. The average molecular weight is 451 g/mol. The van der Waals surface area contributed by atoms with Crippen molar-refractivity contribution in [3.8, 4) is 0 Å². The maximum Gasteiger partial charge on any atom is 0.359 e. The first kappa shape index (κ1) is 12.2. The smallest absolute Gasteiger partial charge is 0.359 e. The van der Waals surface area contributed by atoms with Gasteiger partial charge >= 0.3 is 11.9 Å². The number of benzene rings is 1. The van der Waals surface area contributed by atoms with Gasteiger partial charge in [0.15, 0.2) is 18.2 Å². The number of carbonyl (C=O) groups is 2. The summed E-state index contributed by atoms with van der Waals surface area (Å²) in [5.41, 5.74) is -3.95. The summed E-state index contributed by atoms with van der Waals surface area (Å²) in [6.07, 6.45) is -15.5. The number of quaternary nitrogens is 1. The summed E-state index contributed by atoms with van der Waals surface area (Å²) in [4.78, 5) is 24.7. The average Bonchev–Trinajstić information content (AvgIpc) is 3.12. The van der Waals surface area contributed by atoms with E-state index in [4.69, 9.17) is 22.2 Å². The quantitative estimate of drug-likeness (QED) is 0.425. The fourth-order valence-electron chi connectivity index (χ4n) is 3.38. The normalized spacial score (nSPS) is 41.1. The third-order valence-corrected chi connectivity index (χ3v) is 4.71. The van der Waals surface area contributed by atoms with Crippen molar-refractivity contribution in [3.05, 3.63) is 35.9 Å². The van der Waals surface area contributed by atoms with Crippen molar-refractivity contribution in [3.63, 3.8) is 0 Å². The van der Waals surface area contributed by atoms with Gasteiger partial charge in [0.25, 0.3) is 0 Å². The van der Waals surface area contributed by atoms with Gasteiger partial charge in [-0.1, -0.05) is 43.1 Å². The third kappa shape index (κ3) is 4.70. The number of aliphatic hydroxyl groups is 1. The van der Waals surface area contributed by atoms with Gasteiger partial charge in [-0.2, -0.15) is 0 Å². The molecule has 0 amide bonds. The minimum Gasteiger partial charge on any atom is -1.00 e. The van der Waals surface area contributed by atoms with Gasteiger partial charge in [-0.05, 0) is 18.3 Å². The lowest BCUT2D eigenvalue weighted by Crippen LogP contribution is -3.00. The zero-order valence-electron chi connectivity index (χ0n) is 23.7. The highest BCUT2D eigenvalue weighted by atomic mass is 79.9. The molecular formula is C20H28BrNO5. The van der Waals surface area contributed by atoms with Crippen molar-refractivity contribution in [2.24, 2.45) is 5.89 Å². The van der Waals surface area contributed by atoms with E-state index in [2.05, 4.69) is 0 Å². The van der Waals surface area contributed by atoms with Crippen LogP contribution in [0.4, 0.5) is 0 Å². The molecule has 3 unspecified atom stereocenters. The minimum atomic E-state index is -3.74. The summed E-state index contributed by atoms with van der Waals surface area (Å²) in [5.74, 6) is -6.47. The van der Waals surface area contributed by atoms with E-state index in [0.717, 1.165) is 12.1 Å². The zero-order valence-corrected chi connectivity index (χ0v) is 16.3. The first-order valence-corrected chi connectivity index (χ1v) is 8.27. The molecule has 0 aromatic heterocycles. The van der Waals surface area contributed by atoms with Crippen LogP contribution in [0.5, 0.6) is 0 Å². The lowest BCUT2D eigenvalue weighted by atomic mass is 9.80. The highest BCUT2D eigenvalue weighted by molar-refractivity contribution is 5.81. The Morgan fingerprint density at radius 2 is 1.96 bits per heavy atom. The van der Waals surface area contributed by atoms with Gasteiger partial charge in [0.2, 0.25) is 0 Å². The van der Waals surface area contributed by atoms with Crippen molar-refractivity contribution >= 4 is 11.9 Å². The molecule has 1 heterocycles. The van der Waals surface area contributed by atoms with Crippen molar-refractivity contribution in [1.29, 1.82) is 0 Å². The predicted octanol–water partition coefficient (Wildman–Crippen LogP) is -1.08. The first-order chi connectivity index (χ1) is 15.7. The molecule has 1 aliphatic carbocycles. The number of hydrogen-bond acceptors (Lipinski definition) is 4. The Hall–Kier alpha value is -1.44. The van der Waals surface area contributed by atoms with E-state index in [0.29, 0.717) is 6.54 Å². The summed E-state index contributed by atoms with van der Waals surface area (Å²) in [5, 5.41) is 20.9. The second-order valence-corrected chi connectivity index (χ2v) is 6.84. The summed E-state index contributed by atoms with van der Waals surface area (Å²) in [7, 11) is 1.62. The highest BCUT2D eigenvalue weighted by Gasteiger charge is 2.49. The molecule has 27 heavy (non-hydrogen) atoms. The van der Waals surface area contributed by atoms with Crippen molar-refractivity contribution in [1.82, 2.24) is 0 Å². The fourth-order valence-corrected chi connectivity index (χ4v) is 3.38. The van der Waals surface area contributed by atoms with Crippen LogP contribution in [0.2, 0.25) is 0 Å². The molecule has 7 heteroatoms. The zero-order chi connectivity index (χ0) is 26.9. The molecule has 2 aliphatic rings. The van der Waals surface area contributed by atoms with Crippen LogP contribution >= 0.6 is 0 Å². The maximum atomic E-state index is 13.6. The number of ether oxygens (including phenoxy) is 1. The van der Waals surface area contributed by atoms with Crippen LogP contribution in [0.1, 0.15) is 49.8 Å². The van der Waals surface area contributed by atoms with E-state index in [1.807, 2.05) is 0 Å². The maximum absolute atomic E-state index is 13.6. The van der Waals surface area contributed by atoms with Gasteiger partial charge in [0, 0.05) is 24.7 Å². The first-order valence-electron chi connectivity index (χ1n) is 12.8. The van der Waals surface area contributed by atoms with Gasteiger partial charge in [0.05, 0.1) is 13.6 Å². The third-order valence-electron chi connectivity index (χ3n) is 4.71. The number of nitrogens with zero attached hydrogens (tertiary/aromatic N) is 1. The number of likely N-dealkylation sites (tertiary alicyclic amines) is 1. The van der Waals surface area contributed by atoms with E-state index in [-0.39, 0.29) is 41.0 Å². The molecule has 1 aromatic rings. The number of carboxylic acid groups (broad SMARTS) is 1. The van der Waals surface area contributed by atoms with Crippen LogP contribution in [0, 0.1) is 5.89 Å². The number of halogens is 1. The molecule has 1 aromatic carbocycles. The molecule has 6 nitrogen and oxygen atoms in total. The van der Waals surface area contributed by atoms with Crippen molar-refractivity contribution in [2.75, 3.05) is 26.7 Å². The highest BCUT2D eigenvalue weighted by Crippen LogP contribution is 2.42. The number of rotatable bonds is 6. The van der Waals surface area contributed by atoms with E-state index in [1.54, 1.807) is 7.05 Å². The summed E-state index contributed by atoms with van der Waals surface area (Å²) in [6, 6.07) is 6.38. The van der Waals surface area contributed by atoms with Gasteiger partial charge in [-0.3, -0.25) is 0 Å². The number of hydrogen-bond donors (Lipinski definition) is 2. The number of carbonyl (C=O) groups excluding carboxylic acids is 1. The summed E-state index contributed by atoms with van der Waals surface area (Å²) in [6.45, 7) is 0.0486. The van der Waals surface area contributed by atoms with Gasteiger partial charge in [0.1, 0.15) is 6.54 Å². The molecule has 0 radical (unpaired) electrons. The molecule has 3 atom stereocenters. The fraction of sp³-hybridized carbons (Fsp3) is 0.600. The summed E-state index contributed by atoms with van der Waals surface area (Å²) < 4.78 is 80.0. The van der Waals surface area contributed by atoms with Crippen LogP contribution in [-0.4, -0.2) is 59.4 Å². The molecule has 2 fully saturated rings. The van der Waals surface area contributed by atoms with Crippen molar-refractivity contribution < 1.29 is 58.3 Å². The number of aliphatic carboxylic acids is 1. The topological polar surface area (TPSA) is 83.8 Å². The Kier molecular flexibility index (Phi) is 3.93. The second kappa shape index (κ2) is 8.71. The SMILES string of the molecule is [2H]C1([2H])C([2H])([2H])C([2H])([2H])C([2H])(C(O)(C(=O)OC2CC[N+](C)(CC(=O)O)C2)c2ccccc2)C1([2H])[2H].[Br-]. The van der Waals surface area contributed by atoms with Crippen molar-refractivity contribution in [2.45, 2.75) is 43.6 Å². The van der Waals surface area contributed by atoms with E-state index in [1.165, 1.54) is 18.2 Å². The van der Waals surface area contributed by atoms with Crippen LogP contribution in [-0.2, 0) is 19.9 Å². The number of likely N-dealkylation sites (N-methyl/N-ethyl adjacent to an activating group) is 1. The monoisotopic (exact) mass is 450 g/mol. The van der Waals surface area contributed by atoms with E-state index in [9.17, 15) is 14.7 Å². The number of carboxylic acids is 1. The van der Waals surface area contributed by atoms with Gasteiger partial charge < -0.3 is 36.4 Å². The molecule has 150 valence electrons. The van der Waals surface area contributed by atoms with Crippen LogP contribution in [0.15, 0.2) is 30.3 Å². The standard InChI is InChI=1S/C20H27NO5.BrH/c1-21(14-18(22)23)12-11-17(13-21)26-19(24)20(25,16-9-5-6-10-16)15-7-3-2-4-8-15;/h2-4,7-8,16-17,25H,5-6,9-14H2,1H3;1H/i5D2,6D2,9D2,10D2,16D;. The van der Waals surface area contributed by atoms with E-state index >= 15 is 0 Å². The Labute approximate surface area is 183 Å². The molecular weight excluding hydrogens is 414 g/mol. The molecule has 1 saturated carbocycles.